The highest BCUT2D eigenvalue weighted by molar-refractivity contribution is 5.27. The minimum absolute atomic E-state index is 0.505. The van der Waals surface area contributed by atoms with Crippen LogP contribution in [0.15, 0.2) is 60.7 Å². The van der Waals surface area contributed by atoms with E-state index in [1.165, 1.54) is 69.8 Å². The van der Waals surface area contributed by atoms with Crippen LogP contribution in [-0.4, -0.2) is 0 Å². The van der Waals surface area contributed by atoms with E-state index in [0.29, 0.717) is 11.3 Å². The highest BCUT2D eigenvalue weighted by Gasteiger charge is 2.39. The van der Waals surface area contributed by atoms with Crippen LogP contribution in [0.2, 0.25) is 0 Å². The number of rotatable bonds is 8. The first kappa shape index (κ1) is 18.2. The van der Waals surface area contributed by atoms with Crippen LogP contribution in [0.5, 0.6) is 0 Å². The summed E-state index contributed by atoms with van der Waals surface area (Å²) in [6, 6.07) is 22.5. The Hall–Kier alpha value is -1.56. The minimum atomic E-state index is 0.505. The van der Waals surface area contributed by atoms with Crippen LogP contribution in [-0.2, 0) is 6.42 Å². The molecule has 1 aliphatic carbocycles. The Bertz CT molecular complexity index is 592. The molecular formula is C25H34. The molecule has 0 radical (unpaired) electrons. The molecular weight excluding hydrogens is 300 g/mol. The molecule has 0 spiro atoms. The van der Waals surface area contributed by atoms with Gasteiger partial charge in [0.1, 0.15) is 0 Å². The summed E-state index contributed by atoms with van der Waals surface area (Å²) in [5, 5.41) is 0. The SMILES string of the molecule is CCCCCC1(C(Cc2ccccc2)c2ccccc2)CCCCC1. The van der Waals surface area contributed by atoms with Gasteiger partial charge in [0.05, 0.1) is 0 Å². The van der Waals surface area contributed by atoms with Gasteiger partial charge in [-0.2, -0.15) is 0 Å². The van der Waals surface area contributed by atoms with Gasteiger partial charge in [0.25, 0.3) is 0 Å². The number of unbranched alkanes of at least 4 members (excludes halogenated alkanes) is 2. The average Bonchev–Trinajstić information content (AvgIpc) is 2.68. The first-order valence-electron chi connectivity index (χ1n) is 10.4. The highest BCUT2D eigenvalue weighted by atomic mass is 14.4. The lowest BCUT2D eigenvalue weighted by Crippen LogP contribution is -2.33. The van der Waals surface area contributed by atoms with Crippen LogP contribution in [0.4, 0.5) is 0 Å². The molecule has 2 aromatic carbocycles. The van der Waals surface area contributed by atoms with Gasteiger partial charge in [-0.05, 0) is 48.1 Å². The Kier molecular flexibility index (Phi) is 6.73. The molecule has 0 saturated heterocycles. The largest absolute Gasteiger partial charge is 0.0654 e. The molecule has 1 unspecified atom stereocenters. The van der Waals surface area contributed by atoms with Gasteiger partial charge < -0.3 is 0 Å². The number of hydrogen-bond donors (Lipinski definition) is 0. The zero-order chi connectivity index (χ0) is 17.4. The van der Waals surface area contributed by atoms with Crippen molar-refractivity contribution in [1.29, 1.82) is 0 Å². The van der Waals surface area contributed by atoms with Crippen molar-refractivity contribution in [2.24, 2.45) is 5.41 Å². The minimum Gasteiger partial charge on any atom is -0.0654 e. The molecule has 0 nitrogen and oxygen atoms in total. The lowest BCUT2D eigenvalue weighted by atomic mass is 9.60. The predicted octanol–water partition coefficient (Wildman–Crippen LogP) is 7.54. The predicted molar refractivity (Wildman–Crippen MR) is 109 cm³/mol. The second-order valence-electron chi connectivity index (χ2n) is 8.03. The van der Waals surface area contributed by atoms with Crippen molar-refractivity contribution < 1.29 is 0 Å². The second-order valence-corrected chi connectivity index (χ2v) is 8.03. The van der Waals surface area contributed by atoms with Crippen molar-refractivity contribution >= 4 is 0 Å². The maximum Gasteiger partial charge on any atom is -0.00649 e. The summed E-state index contributed by atoms with van der Waals surface area (Å²) in [4.78, 5) is 0. The van der Waals surface area contributed by atoms with Gasteiger partial charge in [-0.15, -0.1) is 0 Å². The Morgan fingerprint density at radius 2 is 1.44 bits per heavy atom. The van der Waals surface area contributed by atoms with Crippen molar-refractivity contribution in [2.75, 3.05) is 0 Å². The topological polar surface area (TPSA) is 0 Å². The van der Waals surface area contributed by atoms with Crippen molar-refractivity contribution in [3.05, 3.63) is 71.8 Å². The molecule has 3 rings (SSSR count). The van der Waals surface area contributed by atoms with Gasteiger partial charge in [-0.3, -0.25) is 0 Å². The summed E-state index contributed by atoms with van der Waals surface area (Å²) in [5.41, 5.74) is 3.56. The summed E-state index contributed by atoms with van der Waals surface area (Å²) < 4.78 is 0. The quantitative estimate of drug-likeness (QED) is 0.437. The molecule has 25 heavy (non-hydrogen) atoms. The molecule has 0 aromatic heterocycles. The molecule has 1 atom stereocenters. The Labute approximate surface area is 154 Å². The molecule has 0 bridgehead atoms. The summed E-state index contributed by atoms with van der Waals surface area (Å²) in [6.45, 7) is 2.33. The van der Waals surface area contributed by atoms with E-state index in [4.69, 9.17) is 0 Å². The van der Waals surface area contributed by atoms with Crippen molar-refractivity contribution in [1.82, 2.24) is 0 Å². The van der Waals surface area contributed by atoms with Crippen LogP contribution < -0.4 is 0 Å². The fourth-order valence-electron chi connectivity index (χ4n) is 4.98. The summed E-state index contributed by atoms with van der Waals surface area (Å²) in [7, 11) is 0. The average molecular weight is 335 g/mol. The van der Waals surface area contributed by atoms with Crippen LogP contribution >= 0.6 is 0 Å². The zero-order valence-electron chi connectivity index (χ0n) is 15.9. The molecule has 0 N–H and O–H groups in total. The summed E-state index contributed by atoms with van der Waals surface area (Å²) in [5.74, 6) is 0.660. The summed E-state index contributed by atoms with van der Waals surface area (Å²) in [6.07, 6.45) is 13.8. The fraction of sp³-hybridized carbons (Fsp3) is 0.520. The van der Waals surface area contributed by atoms with E-state index in [0.717, 1.165) is 0 Å². The van der Waals surface area contributed by atoms with Gasteiger partial charge in [-0.25, -0.2) is 0 Å². The Morgan fingerprint density at radius 1 is 0.800 bits per heavy atom. The van der Waals surface area contributed by atoms with Crippen LogP contribution in [0.1, 0.15) is 81.8 Å². The van der Waals surface area contributed by atoms with Gasteiger partial charge in [0.15, 0.2) is 0 Å². The van der Waals surface area contributed by atoms with Crippen LogP contribution in [0.25, 0.3) is 0 Å². The van der Waals surface area contributed by atoms with Crippen molar-refractivity contribution in [3.8, 4) is 0 Å². The van der Waals surface area contributed by atoms with E-state index in [2.05, 4.69) is 67.6 Å². The van der Waals surface area contributed by atoms with Gasteiger partial charge in [-0.1, -0.05) is 106 Å². The summed E-state index contributed by atoms with van der Waals surface area (Å²) >= 11 is 0. The third-order valence-corrected chi connectivity index (χ3v) is 6.35. The van der Waals surface area contributed by atoms with E-state index in [1.54, 1.807) is 5.56 Å². The maximum absolute atomic E-state index is 2.38. The van der Waals surface area contributed by atoms with E-state index >= 15 is 0 Å². The second kappa shape index (κ2) is 9.22. The molecule has 1 aliphatic rings. The molecule has 1 saturated carbocycles. The van der Waals surface area contributed by atoms with Crippen molar-refractivity contribution in [3.63, 3.8) is 0 Å². The first-order valence-corrected chi connectivity index (χ1v) is 10.4. The molecule has 0 heterocycles. The van der Waals surface area contributed by atoms with E-state index in [1.807, 2.05) is 0 Å². The van der Waals surface area contributed by atoms with Gasteiger partial charge in [0.2, 0.25) is 0 Å². The normalized spacial score (nSPS) is 18.0. The third-order valence-electron chi connectivity index (χ3n) is 6.35. The van der Waals surface area contributed by atoms with Crippen LogP contribution in [0, 0.1) is 5.41 Å². The van der Waals surface area contributed by atoms with E-state index < -0.39 is 0 Å². The Balaban J connectivity index is 1.91. The van der Waals surface area contributed by atoms with E-state index in [-0.39, 0.29) is 0 Å². The van der Waals surface area contributed by atoms with Crippen LogP contribution in [0.3, 0.4) is 0 Å². The molecule has 0 amide bonds. The first-order chi connectivity index (χ1) is 12.3. The monoisotopic (exact) mass is 334 g/mol. The fourth-order valence-corrected chi connectivity index (χ4v) is 4.98. The number of benzene rings is 2. The lowest BCUT2D eigenvalue weighted by molar-refractivity contribution is 0.123. The molecule has 2 aromatic rings. The Morgan fingerprint density at radius 3 is 2.08 bits per heavy atom. The molecule has 0 aliphatic heterocycles. The third kappa shape index (κ3) is 4.75. The molecule has 1 fully saturated rings. The number of hydrogen-bond acceptors (Lipinski definition) is 0. The molecule has 0 heteroatoms. The van der Waals surface area contributed by atoms with Crippen molar-refractivity contribution in [2.45, 2.75) is 77.0 Å². The van der Waals surface area contributed by atoms with E-state index in [9.17, 15) is 0 Å². The van der Waals surface area contributed by atoms with Gasteiger partial charge >= 0.3 is 0 Å². The maximum atomic E-state index is 2.38. The van der Waals surface area contributed by atoms with Gasteiger partial charge in [0, 0.05) is 0 Å². The molecule has 134 valence electrons. The standard InChI is InChI=1S/C25H34/c1-2-3-11-18-25(19-12-6-13-20-25)24(23-16-9-5-10-17-23)21-22-14-7-4-8-15-22/h4-5,7-10,14-17,24H,2-3,6,11-13,18-21H2,1H3. The smallest absolute Gasteiger partial charge is 0.00649 e. The zero-order valence-corrected chi connectivity index (χ0v) is 15.9. The highest BCUT2D eigenvalue weighted by Crippen LogP contribution is 2.52. The lowest BCUT2D eigenvalue weighted by Gasteiger charge is -2.45.